The van der Waals surface area contributed by atoms with Gasteiger partial charge >= 0.3 is 5.97 Å². The number of esters is 1. The Morgan fingerprint density at radius 2 is 1.71 bits per heavy atom. The van der Waals surface area contributed by atoms with Gasteiger partial charge in [0.2, 0.25) is 11.8 Å². The van der Waals surface area contributed by atoms with Crippen LogP contribution in [0, 0.1) is 0 Å². The summed E-state index contributed by atoms with van der Waals surface area (Å²) in [6.07, 6.45) is 0.389. The van der Waals surface area contributed by atoms with Crippen molar-refractivity contribution in [1.82, 2.24) is 4.57 Å². The first-order chi connectivity index (χ1) is 16.4. The van der Waals surface area contributed by atoms with Crippen LogP contribution in [0.4, 0.5) is 5.69 Å². The molecular formula is C24H23N3O6S. The summed E-state index contributed by atoms with van der Waals surface area (Å²) in [4.78, 5) is 54.7. The lowest BCUT2D eigenvalue weighted by atomic mass is 10.2. The Hall–Kier alpha value is -3.63. The molecule has 2 heterocycles. The van der Waals surface area contributed by atoms with Crippen LogP contribution in [-0.4, -0.2) is 48.6 Å². The number of methoxy groups -OCH3 is 1. The van der Waals surface area contributed by atoms with Crippen LogP contribution >= 0.6 is 11.3 Å². The van der Waals surface area contributed by atoms with Gasteiger partial charge in [0.25, 0.3) is 5.91 Å². The van der Waals surface area contributed by atoms with Gasteiger partial charge in [0.1, 0.15) is 0 Å². The van der Waals surface area contributed by atoms with Gasteiger partial charge < -0.3 is 14.0 Å². The van der Waals surface area contributed by atoms with Crippen molar-refractivity contribution in [1.29, 1.82) is 0 Å². The highest BCUT2D eigenvalue weighted by atomic mass is 32.1. The summed E-state index contributed by atoms with van der Waals surface area (Å²) < 4.78 is 12.9. The summed E-state index contributed by atoms with van der Waals surface area (Å²) >= 11 is 1.29. The smallest absolute Gasteiger partial charge is 0.337 e. The third-order valence-corrected chi connectivity index (χ3v) is 6.43. The van der Waals surface area contributed by atoms with Crippen LogP contribution in [0.5, 0.6) is 0 Å². The number of benzene rings is 2. The van der Waals surface area contributed by atoms with E-state index in [-0.39, 0.29) is 24.7 Å². The highest BCUT2D eigenvalue weighted by Crippen LogP contribution is 2.23. The average molecular weight is 482 g/mol. The normalized spacial score (nSPS) is 14.3. The summed E-state index contributed by atoms with van der Waals surface area (Å²) in [6, 6.07) is 11.4. The second-order valence-electron chi connectivity index (χ2n) is 7.49. The lowest BCUT2D eigenvalue weighted by Crippen LogP contribution is -2.28. The standard InChI is InChI=1S/C24H23N3O6S/c1-3-33-13-12-26-18-9-6-16(23(31)32-2)14-19(18)34-24(26)25-22(30)15-4-7-17(8-5-15)27-20(28)10-11-21(27)29/h4-9,14H,3,10-13H2,1-2H3. The second-order valence-corrected chi connectivity index (χ2v) is 8.50. The molecule has 9 nitrogen and oxygen atoms in total. The molecule has 176 valence electrons. The van der Waals surface area contributed by atoms with Gasteiger partial charge in [0, 0.05) is 31.6 Å². The van der Waals surface area contributed by atoms with E-state index in [4.69, 9.17) is 9.47 Å². The van der Waals surface area contributed by atoms with Crippen LogP contribution in [0.1, 0.15) is 40.5 Å². The number of ether oxygens (including phenoxy) is 2. The fraction of sp³-hybridized carbons (Fsp3) is 0.292. The molecule has 0 saturated carbocycles. The van der Waals surface area contributed by atoms with Crippen LogP contribution in [0.15, 0.2) is 47.5 Å². The van der Waals surface area contributed by atoms with Gasteiger partial charge in [0.05, 0.1) is 35.2 Å². The van der Waals surface area contributed by atoms with Crippen molar-refractivity contribution in [2.45, 2.75) is 26.3 Å². The van der Waals surface area contributed by atoms with Gasteiger partial charge in [-0.05, 0) is 49.4 Å². The van der Waals surface area contributed by atoms with Crippen molar-refractivity contribution in [3.63, 3.8) is 0 Å². The topological polar surface area (TPSA) is 107 Å². The molecule has 1 saturated heterocycles. The number of aromatic nitrogens is 1. The molecule has 4 rings (SSSR count). The Bertz CT molecular complexity index is 1320. The molecule has 3 amide bonds. The van der Waals surface area contributed by atoms with Crippen LogP contribution in [0.2, 0.25) is 0 Å². The third-order valence-electron chi connectivity index (χ3n) is 5.39. The highest BCUT2D eigenvalue weighted by Gasteiger charge is 2.30. The van der Waals surface area contributed by atoms with E-state index in [9.17, 15) is 19.2 Å². The van der Waals surface area contributed by atoms with Gasteiger partial charge in [-0.3, -0.25) is 19.3 Å². The lowest BCUT2D eigenvalue weighted by Gasteiger charge is -2.13. The molecule has 10 heteroatoms. The maximum Gasteiger partial charge on any atom is 0.337 e. The zero-order valence-electron chi connectivity index (χ0n) is 18.8. The molecule has 0 radical (unpaired) electrons. The summed E-state index contributed by atoms with van der Waals surface area (Å²) in [5.74, 6) is -1.40. The highest BCUT2D eigenvalue weighted by molar-refractivity contribution is 7.16. The number of carbonyl (C=O) groups excluding carboxylic acids is 4. The van der Waals surface area contributed by atoms with Crippen molar-refractivity contribution in [2.24, 2.45) is 4.99 Å². The molecule has 0 bridgehead atoms. The number of anilines is 1. The first-order valence-corrected chi connectivity index (χ1v) is 11.6. The van der Waals surface area contributed by atoms with Crippen molar-refractivity contribution in [2.75, 3.05) is 25.2 Å². The third kappa shape index (κ3) is 4.68. The monoisotopic (exact) mass is 481 g/mol. The number of amides is 3. The number of carbonyl (C=O) groups is 4. The minimum Gasteiger partial charge on any atom is -0.465 e. The van der Waals surface area contributed by atoms with Crippen molar-refractivity contribution < 1.29 is 28.7 Å². The molecule has 3 aromatic rings. The molecule has 0 unspecified atom stereocenters. The summed E-state index contributed by atoms with van der Waals surface area (Å²) in [5, 5.41) is 0. The summed E-state index contributed by atoms with van der Waals surface area (Å²) in [6.45, 7) is 3.39. The molecule has 1 fully saturated rings. The van der Waals surface area contributed by atoms with Gasteiger partial charge in [-0.1, -0.05) is 11.3 Å². The zero-order chi connectivity index (χ0) is 24.2. The average Bonchev–Trinajstić information content (AvgIpc) is 3.36. The van der Waals surface area contributed by atoms with Crippen LogP contribution < -0.4 is 9.70 Å². The van der Waals surface area contributed by atoms with Gasteiger partial charge in [0.15, 0.2) is 4.80 Å². The van der Waals surface area contributed by atoms with Gasteiger partial charge in [-0.25, -0.2) is 4.79 Å². The van der Waals surface area contributed by atoms with E-state index in [1.165, 1.54) is 18.4 Å². The van der Waals surface area contributed by atoms with Crippen molar-refractivity contribution in [3.05, 3.63) is 58.4 Å². The fourth-order valence-corrected chi connectivity index (χ4v) is 4.78. The molecule has 0 atom stereocenters. The minimum absolute atomic E-state index is 0.195. The van der Waals surface area contributed by atoms with E-state index in [0.717, 1.165) is 15.1 Å². The van der Waals surface area contributed by atoms with Crippen molar-refractivity contribution >= 4 is 50.9 Å². The summed E-state index contributed by atoms with van der Waals surface area (Å²) in [7, 11) is 1.32. The SMILES string of the molecule is CCOCCn1c(=NC(=O)c2ccc(N3C(=O)CCC3=O)cc2)sc2cc(C(=O)OC)ccc21. The van der Waals surface area contributed by atoms with E-state index >= 15 is 0 Å². The Morgan fingerprint density at radius 1 is 1.03 bits per heavy atom. The lowest BCUT2D eigenvalue weighted by molar-refractivity contribution is -0.121. The molecule has 2 aromatic carbocycles. The molecule has 34 heavy (non-hydrogen) atoms. The van der Waals surface area contributed by atoms with E-state index in [1.807, 2.05) is 11.5 Å². The maximum absolute atomic E-state index is 12.9. The number of fused-ring (bicyclic) bond motifs is 1. The van der Waals surface area contributed by atoms with Crippen LogP contribution in [0.3, 0.4) is 0 Å². The molecular weight excluding hydrogens is 458 g/mol. The van der Waals surface area contributed by atoms with E-state index in [0.29, 0.717) is 41.4 Å². The number of hydrogen-bond acceptors (Lipinski definition) is 7. The van der Waals surface area contributed by atoms with Crippen LogP contribution in [0.25, 0.3) is 10.2 Å². The van der Waals surface area contributed by atoms with Crippen LogP contribution in [-0.2, 0) is 25.6 Å². The number of thiazole rings is 1. The fourth-order valence-electron chi connectivity index (χ4n) is 3.69. The maximum atomic E-state index is 12.9. The first kappa shape index (κ1) is 23.5. The van der Waals surface area contributed by atoms with Crippen molar-refractivity contribution in [3.8, 4) is 0 Å². The Labute approximate surface area is 199 Å². The second kappa shape index (κ2) is 10.1. The Kier molecular flexibility index (Phi) is 6.99. The number of imide groups is 1. The van der Waals surface area contributed by atoms with Gasteiger partial charge in [-0.2, -0.15) is 4.99 Å². The predicted molar refractivity (Wildman–Crippen MR) is 126 cm³/mol. The molecule has 0 spiro atoms. The molecule has 1 aromatic heterocycles. The molecule has 1 aliphatic heterocycles. The molecule has 0 aliphatic carbocycles. The largest absolute Gasteiger partial charge is 0.465 e. The number of hydrogen-bond donors (Lipinski definition) is 0. The number of nitrogens with zero attached hydrogens (tertiary/aromatic N) is 3. The summed E-state index contributed by atoms with van der Waals surface area (Å²) in [5.41, 5.74) is 2.00. The zero-order valence-corrected chi connectivity index (χ0v) is 19.6. The molecule has 1 aliphatic rings. The van der Waals surface area contributed by atoms with Gasteiger partial charge in [-0.15, -0.1) is 0 Å². The van der Waals surface area contributed by atoms with E-state index in [1.54, 1.807) is 42.5 Å². The number of rotatable bonds is 7. The Balaban J connectivity index is 1.68. The van der Waals surface area contributed by atoms with E-state index < -0.39 is 11.9 Å². The van der Waals surface area contributed by atoms with E-state index in [2.05, 4.69) is 4.99 Å². The quantitative estimate of drug-likeness (QED) is 0.292. The first-order valence-electron chi connectivity index (χ1n) is 10.8. The predicted octanol–water partition coefficient (Wildman–Crippen LogP) is 2.92. The molecule has 0 N–H and O–H groups in total. The Morgan fingerprint density at radius 3 is 2.35 bits per heavy atom. The minimum atomic E-state index is -0.462.